The lowest BCUT2D eigenvalue weighted by Crippen LogP contribution is -2.50. The summed E-state index contributed by atoms with van der Waals surface area (Å²) in [5.74, 6) is 0.603. The molecule has 8 heteroatoms. The monoisotopic (exact) mass is 456 g/mol. The number of hydrogen-bond donors (Lipinski definition) is 0. The van der Waals surface area contributed by atoms with Gasteiger partial charge in [0.1, 0.15) is 12.4 Å². The van der Waals surface area contributed by atoms with Crippen LogP contribution in [0.15, 0.2) is 60.0 Å². The van der Waals surface area contributed by atoms with Gasteiger partial charge in [-0.1, -0.05) is 30.3 Å². The van der Waals surface area contributed by atoms with Crippen molar-refractivity contribution in [3.05, 3.63) is 71.1 Å². The van der Waals surface area contributed by atoms with E-state index in [1.54, 1.807) is 35.2 Å². The number of nitrogens with zero attached hydrogens (tertiary/aromatic N) is 2. The summed E-state index contributed by atoms with van der Waals surface area (Å²) < 4.78 is 37.9. The van der Waals surface area contributed by atoms with Gasteiger partial charge in [0.2, 0.25) is 10.0 Å². The van der Waals surface area contributed by atoms with Crippen LogP contribution in [0.25, 0.3) is 6.08 Å². The first-order valence-corrected chi connectivity index (χ1v) is 12.4. The molecular formula is C24H28N2O5S. The lowest BCUT2D eigenvalue weighted by Gasteiger charge is -2.33. The van der Waals surface area contributed by atoms with E-state index in [0.29, 0.717) is 31.0 Å². The fourth-order valence-corrected chi connectivity index (χ4v) is 4.98. The Bertz CT molecular complexity index is 1020. The van der Waals surface area contributed by atoms with Gasteiger partial charge in [0.25, 0.3) is 5.91 Å². The van der Waals surface area contributed by atoms with Crippen LogP contribution in [0.3, 0.4) is 0 Å². The highest BCUT2D eigenvalue weighted by Gasteiger charge is 2.28. The molecule has 0 spiro atoms. The summed E-state index contributed by atoms with van der Waals surface area (Å²) in [6.07, 6.45) is 3.82. The zero-order chi connectivity index (χ0) is 22.4. The molecule has 32 heavy (non-hydrogen) atoms. The summed E-state index contributed by atoms with van der Waals surface area (Å²) >= 11 is 0. The molecule has 4 rings (SSSR count). The van der Waals surface area contributed by atoms with E-state index in [1.807, 2.05) is 30.3 Å². The first-order chi connectivity index (χ1) is 15.5. The molecule has 1 amide bonds. The number of carbonyl (C=O) groups excluding carboxylic acids is 1. The van der Waals surface area contributed by atoms with Gasteiger partial charge in [0, 0.05) is 43.8 Å². The molecule has 7 nitrogen and oxygen atoms in total. The van der Waals surface area contributed by atoms with Crippen molar-refractivity contribution in [1.29, 1.82) is 0 Å². The number of amides is 1. The molecule has 0 saturated carbocycles. The molecule has 2 aromatic carbocycles. The first-order valence-electron chi connectivity index (χ1n) is 10.9. The number of piperazine rings is 1. The van der Waals surface area contributed by atoms with Crippen LogP contribution in [0, 0.1) is 0 Å². The molecule has 2 aromatic rings. The fourth-order valence-electron chi connectivity index (χ4n) is 3.80. The largest absolute Gasteiger partial charge is 0.491 e. The van der Waals surface area contributed by atoms with Crippen LogP contribution < -0.4 is 4.74 Å². The third-order valence-electron chi connectivity index (χ3n) is 5.68. The maximum Gasteiger partial charge on any atom is 0.253 e. The van der Waals surface area contributed by atoms with Gasteiger partial charge >= 0.3 is 0 Å². The zero-order valence-corrected chi connectivity index (χ0v) is 18.7. The second-order valence-corrected chi connectivity index (χ2v) is 9.74. The molecule has 1 unspecified atom stereocenters. The molecule has 2 aliphatic rings. The van der Waals surface area contributed by atoms with E-state index in [4.69, 9.17) is 9.47 Å². The van der Waals surface area contributed by atoms with Crippen LogP contribution in [0.5, 0.6) is 5.75 Å². The highest BCUT2D eigenvalue weighted by atomic mass is 32.2. The third-order valence-corrected chi connectivity index (χ3v) is 7.24. The van der Waals surface area contributed by atoms with E-state index in [0.717, 1.165) is 25.0 Å². The number of rotatable bonds is 7. The van der Waals surface area contributed by atoms with Crippen molar-refractivity contribution >= 4 is 22.0 Å². The van der Waals surface area contributed by atoms with E-state index in [9.17, 15) is 13.2 Å². The minimum absolute atomic E-state index is 0.104. The van der Waals surface area contributed by atoms with Crippen LogP contribution in [-0.4, -0.2) is 69.0 Å². The van der Waals surface area contributed by atoms with Gasteiger partial charge in [0.05, 0.1) is 6.10 Å². The topological polar surface area (TPSA) is 76.2 Å². The van der Waals surface area contributed by atoms with Crippen molar-refractivity contribution in [3.8, 4) is 5.75 Å². The quantitative estimate of drug-likeness (QED) is 0.640. The standard InChI is InChI=1S/C24H28N2O5S/c27-24(21-8-10-22(11-9-21)31-19-23-7-4-17-30-23)25-13-15-26(16-14-25)32(28,29)18-12-20-5-2-1-3-6-20/h1-3,5-6,8-12,18,23H,4,7,13-17,19H2. The average molecular weight is 457 g/mol. The Hall–Kier alpha value is -2.68. The maximum atomic E-state index is 12.8. The number of sulfonamides is 1. The second kappa shape index (κ2) is 10.3. The molecule has 170 valence electrons. The Morgan fingerprint density at radius 1 is 1.03 bits per heavy atom. The van der Waals surface area contributed by atoms with Crippen molar-refractivity contribution in [2.24, 2.45) is 0 Å². The molecule has 1 atom stereocenters. The summed E-state index contributed by atoms with van der Waals surface area (Å²) in [4.78, 5) is 14.5. The van der Waals surface area contributed by atoms with Gasteiger partial charge in [0.15, 0.2) is 0 Å². The number of ether oxygens (including phenoxy) is 2. The lowest BCUT2D eigenvalue weighted by molar-refractivity contribution is 0.0676. The molecule has 0 radical (unpaired) electrons. The van der Waals surface area contributed by atoms with E-state index < -0.39 is 10.0 Å². The average Bonchev–Trinajstić information content (AvgIpc) is 3.36. The first kappa shape index (κ1) is 22.5. The third kappa shape index (κ3) is 5.76. The molecule has 2 heterocycles. The number of hydrogen-bond acceptors (Lipinski definition) is 5. The predicted octanol–water partition coefficient (Wildman–Crippen LogP) is 3.00. The maximum absolute atomic E-state index is 12.8. The summed E-state index contributed by atoms with van der Waals surface area (Å²) in [5, 5.41) is 1.23. The van der Waals surface area contributed by atoms with Crippen LogP contribution in [0.4, 0.5) is 0 Å². The number of benzene rings is 2. The van der Waals surface area contributed by atoms with Gasteiger partial charge < -0.3 is 14.4 Å². The highest BCUT2D eigenvalue weighted by molar-refractivity contribution is 7.92. The van der Waals surface area contributed by atoms with Crippen molar-refractivity contribution in [3.63, 3.8) is 0 Å². The van der Waals surface area contributed by atoms with E-state index in [-0.39, 0.29) is 25.1 Å². The molecular weight excluding hydrogens is 428 g/mol. The van der Waals surface area contributed by atoms with Crippen molar-refractivity contribution in [2.45, 2.75) is 18.9 Å². The van der Waals surface area contributed by atoms with Crippen LogP contribution in [0.2, 0.25) is 0 Å². The molecule has 2 saturated heterocycles. The molecule has 0 aliphatic carbocycles. The lowest BCUT2D eigenvalue weighted by atomic mass is 10.2. The van der Waals surface area contributed by atoms with Crippen molar-refractivity contribution in [1.82, 2.24) is 9.21 Å². The van der Waals surface area contributed by atoms with Crippen LogP contribution >= 0.6 is 0 Å². The van der Waals surface area contributed by atoms with Crippen LogP contribution in [0.1, 0.15) is 28.8 Å². The Balaban J connectivity index is 1.28. The minimum atomic E-state index is -3.53. The van der Waals surface area contributed by atoms with Gasteiger partial charge in [-0.3, -0.25) is 4.79 Å². The SMILES string of the molecule is O=C(c1ccc(OCC2CCCO2)cc1)N1CCN(S(=O)(=O)C=Cc2ccccc2)CC1. The summed E-state index contributed by atoms with van der Waals surface area (Å²) in [7, 11) is -3.53. The van der Waals surface area contributed by atoms with Crippen molar-refractivity contribution < 1.29 is 22.7 Å². The molecule has 0 bridgehead atoms. The smallest absolute Gasteiger partial charge is 0.253 e. The number of carbonyl (C=O) groups is 1. The Labute approximate surface area is 189 Å². The van der Waals surface area contributed by atoms with Crippen LogP contribution in [-0.2, 0) is 14.8 Å². The van der Waals surface area contributed by atoms with Gasteiger partial charge in [-0.05, 0) is 48.7 Å². The zero-order valence-electron chi connectivity index (χ0n) is 17.9. The molecule has 0 aromatic heterocycles. The highest BCUT2D eigenvalue weighted by Crippen LogP contribution is 2.18. The van der Waals surface area contributed by atoms with Gasteiger partial charge in [-0.2, -0.15) is 4.31 Å². The van der Waals surface area contributed by atoms with E-state index >= 15 is 0 Å². The normalized spacial score (nSPS) is 20.0. The second-order valence-electron chi connectivity index (χ2n) is 7.92. The predicted molar refractivity (Wildman–Crippen MR) is 123 cm³/mol. The van der Waals surface area contributed by atoms with E-state index in [1.165, 1.54) is 9.71 Å². The Morgan fingerprint density at radius 3 is 2.41 bits per heavy atom. The van der Waals surface area contributed by atoms with Crippen molar-refractivity contribution in [2.75, 3.05) is 39.4 Å². The summed E-state index contributed by atoms with van der Waals surface area (Å²) in [6, 6.07) is 16.4. The molecule has 2 aliphatic heterocycles. The van der Waals surface area contributed by atoms with E-state index in [2.05, 4.69) is 0 Å². The minimum Gasteiger partial charge on any atom is -0.491 e. The summed E-state index contributed by atoms with van der Waals surface area (Å²) in [6.45, 7) is 2.57. The van der Waals surface area contributed by atoms with Gasteiger partial charge in [-0.15, -0.1) is 0 Å². The molecule has 0 N–H and O–H groups in total. The van der Waals surface area contributed by atoms with Gasteiger partial charge in [-0.25, -0.2) is 8.42 Å². The Kier molecular flexibility index (Phi) is 7.24. The molecule has 2 fully saturated rings. The Morgan fingerprint density at radius 2 is 1.75 bits per heavy atom. The fraction of sp³-hybridized carbons (Fsp3) is 0.375. The summed E-state index contributed by atoms with van der Waals surface area (Å²) in [5.41, 5.74) is 1.39.